The highest BCUT2D eigenvalue weighted by Gasteiger charge is 2.08. The zero-order valence-electron chi connectivity index (χ0n) is 11.3. The van der Waals surface area contributed by atoms with Gasteiger partial charge in [-0.1, -0.05) is 47.5 Å². The molecular formula is C16H15Cl2NO2. The molecule has 0 saturated heterocycles. The molecule has 0 aromatic heterocycles. The Hall–Kier alpha value is -1.71. The average molecular weight is 324 g/mol. The fourth-order valence-corrected chi connectivity index (χ4v) is 2.26. The van der Waals surface area contributed by atoms with E-state index in [2.05, 4.69) is 0 Å². The van der Waals surface area contributed by atoms with Gasteiger partial charge in [0.05, 0.1) is 10.0 Å². The van der Waals surface area contributed by atoms with E-state index >= 15 is 0 Å². The first-order chi connectivity index (χ1) is 10.1. The first-order valence-corrected chi connectivity index (χ1v) is 7.25. The van der Waals surface area contributed by atoms with Gasteiger partial charge in [0, 0.05) is 17.7 Å². The van der Waals surface area contributed by atoms with Gasteiger partial charge in [-0.05, 0) is 30.2 Å². The summed E-state index contributed by atoms with van der Waals surface area (Å²) in [5, 5.41) is 0.868. The van der Waals surface area contributed by atoms with Crippen LogP contribution in [0.1, 0.15) is 17.5 Å². The van der Waals surface area contributed by atoms with Crippen LogP contribution in [-0.2, 0) is 22.6 Å². The van der Waals surface area contributed by atoms with Gasteiger partial charge in [0.25, 0.3) is 0 Å². The summed E-state index contributed by atoms with van der Waals surface area (Å²) in [6.45, 7) is 0.120. The average Bonchev–Trinajstić information content (AvgIpc) is 2.47. The van der Waals surface area contributed by atoms with E-state index in [9.17, 15) is 4.79 Å². The Kier molecular flexibility index (Phi) is 5.48. The molecule has 0 bridgehead atoms. The lowest BCUT2D eigenvalue weighted by Crippen LogP contribution is -2.06. The summed E-state index contributed by atoms with van der Waals surface area (Å²) in [6.07, 6.45) is 0.884. The Morgan fingerprint density at radius 2 is 1.90 bits per heavy atom. The molecule has 5 heteroatoms. The second kappa shape index (κ2) is 7.34. The Morgan fingerprint density at radius 1 is 1.14 bits per heavy atom. The summed E-state index contributed by atoms with van der Waals surface area (Å²) in [6, 6.07) is 12.7. The first kappa shape index (κ1) is 15.7. The van der Waals surface area contributed by atoms with E-state index < -0.39 is 0 Å². The number of nitrogens with two attached hydrogens (primary N) is 1. The number of benzene rings is 2. The number of rotatable bonds is 5. The van der Waals surface area contributed by atoms with Crippen molar-refractivity contribution in [3.8, 4) is 0 Å². The molecule has 2 N–H and O–H groups in total. The molecule has 0 atom stereocenters. The van der Waals surface area contributed by atoms with Gasteiger partial charge >= 0.3 is 5.97 Å². The minimum atomic E-state index is -0.284. The van der Waals surface area contributed by atoms with Gasteiger partial charge in [0.15, 0.2) is 0 Å². The largest absolute Gasteiger partial charge is 0.461 e. The zero-order valence-corrected chi connectivity index (χ0v) is 12.8. The predicted octanol–water partition coefficient (Wildman–Crippen LogP) is 4.25. The van der Waals surface area contributed by atoms with Crippen LogP contribution in [0.3, 0.4) is 0 Å². The minimum absolute atomic E-state index is 0.120. The lowest BCUT2D eigenvalue weighted by Gasteiger charge is -2.08. The van der Waals surface area contributed by atoms with Crippen LogP contribution < -0.4 is 5.73 Å². The monoisotopic (exact) mass is 323 g/mol. The fraction of sp³-hybridized carbons (Fsp3) is 0.188. The number of ether oxygens (including phenoxy) is 1. The number of hydrogen-bond acceptors (Lipinski definition) is 3. The number of esters is 1. The molecule has 0 aliphatic carbocycles. The van der Waals surface area contributed by atoms with Gasteiger partial charge in [-0.15, -0.1) is 0 Å². The highest BCUT2D eigenvalue weighted by molar-refractivity contribution is 6.42. The molecule has 0 aliphatic heterocycles. The number of halogens is 2. The second-order valence-corrected chi connectivity index (χ2v) is 5.40. The molecule has 0 heterocycles. The van der Waals surface area contributed by atoms with Crippen LogP contribution in [-0.4, -0.2) is 5.97 Å². The van der Waals surface area contributed by atoms with Crippen LogP contribution >= 0.6 is 23.2 Å². The van der Waals surface area contributed by atoms with Crippen molar-refractivity contribution >= 4 is 34.9 Å². The molecule has 0 unspecified atom stereocenters. The van der Waals surface area contributed by atoms with Crippen molar-refractivity contribution < 1.29 is 9.53 Å². The highest BCUT2D eigenvalue weighted by Crippen LogP contribution is 2.26. The molecule has 2 aromatic rings. The Bertz CT molecular complexity index is 644. The van der Waals surface area contributed by atoms with E-state index in [4.69, 9.17) is 33.7 Å². The molecule has 0 spiro atoms. The van der Waals surface area contributed by atoms with Crippen molar-refractivity contribution in [1.29, 1.82) is 0 Å². The lowest BCUT2D eigenvalue weighted by molar-refractivity contribution is -0.144. The smallest absolute Gasteiger partial charge is 0.306 e. The summed E-state index contributed by atoms with van der Waals surface area (Å²) < 4.78 is 5.20. The SMILES string of the molecule is Nc1cccc(CCC(=O)OCc2cccc(Cl)c2Cl)c1. The maximum Gasteiger partial charge on any atom is 0.306 e. The zero-order chi connectivity index (χ0) is 15.2. The molecule has 21 heavy (non-hydrogen) atoms. The molecule has 2 aromatic carbocycles. The normalized spacial score (nSPS) is 10.4. The summed E-state index contributed by atoms with van der Waals surface area (Å²) in [5.41, 5.74) is 8.08. The van der Waals surface area contributed by atoms with Gasteiger partial charge < -0.3 is 10.5 Å². The molecule has 0 amide bonds. The summed E-state index contributed by atoms with van der Waals surface area (Å²) in [5.74, 6) is -0.284. The fourth-order valence-electron chi connectivity index (χ4n) is 1.89. The summed E-state index contributed by atoms with van der Waals surface area (Å²) in [7, 11) is 0. The van der Waals surface area contributed by atoms with Crippen LogP contribution in [0.2, 0.25) is 10.0 Å². The van der Waals surface area contributed by atoms with Crippen molar-refractivity contribution in [1.82, 2.24) is 0 Å². The van der Waals surface area contributed by atoms with E-state index in [1.807, 2.05) is 24.3 Å². The van der Waals surface area contributed by atoms with Gasteiger partial charge in [0.2, 0.25) is 0 Å². The molecule has 110 valence electrons. The molecule has 0 radical (unpaired) electrons. The third-order valence-electron chi connectivity index (χ3n) is 2.99. The first-order valence-electron chi connectivity index (χ1n) is 6.49. The van der Waals surface area contributed by atoms with E-state index in [1.165, 1.54) is 0 Å². The van der Waals surface area contributed by atoms with Crippen LogP contribution in [0.25, 0.3) is 0 Å². The molecule has 0 saturated carbocycles. The maximum atomic E-state index is 11.7. The molecule has 3 nitrogen and oxygen atoms in total. The van der Waals surface area contributed by atoms with E-state index in [0.717, 1.165) is 5.56 Å². The minimum Gasteiger partial charge on any atom is -0.461 e. The van der Waals surface area contributed by atoms with Crippen LogP contribution in [0.5, 0.6) is 0 Å². The third kappa shape index (κ3) is 4.66. The Labute approximate surface area is 133 Å². The van der Waals surface area contributed by atoms with Crippen LogP contribution in [0, 0.1) is 0 Å². The number of nitrogen functional groups attached to an aromatic ring is 1. The molecular weight excluding hydrogens is 309 g/mol. The van der Waals surface area contributed by atoms with Crippen LogP contribution in [0.4, 0.5) is 5.69 Å². The molecule has 0 aliphatic rings. The topological polar surface area (TPSA) is 52.3 Å². The standard InChI is InChI=1S/C16H15Cl2NO2/c17-14-6-2-4-12(16(14)18)10-21-15(20)8-7-11-3-1-5-13(19)9-11/h1-6,9H,7-8,10,19H2. The van der Waals surface area contributed by atoms with Crippen molar-refractivity contribution in [2.24, 2.45) is 0 Å². The van der Waals surface area contributed by atoms with Crippen molar-refractivity contribution in [3.63, 3.8) is 0 Å². The summed E-state index contributed by atoms with van der Waals surface area (Å²) in [4.78, 5) is 11.7. The van der Waals surface area contributed by atoms with Gasteiger partial charge in [0.1, 0.15) is 6.61 Å². The maximum absolute atomic E-state index is 11.7. The quantitative estimate of drug-likeness (QED) is 0.661. The number of carbonyl (C=O) groups is 1. The van der Waals surface area contributed by atoms with Gasteiger partial charge in [-0.2, -0.15) is 0 Å². The molecule has 2 rings (SSSR count). The van der Waals surface area contributed by atoms with E-state index in [1.54, 1.807) is 18.2 Å². The van der Waals surface area contributed by atoms with E-state index in [0.29, 0.717) is 34.1 Å². The predicted molar refractivity (Wildman–Crippen MR) is 85.4 cm³/mol. The Morgan fingerprint density at radius 3 is 2.67 bits per heavy atom. The second-order valence-electron chi connectivity index (χ2n) is 4.62. The molecule has 0 fully saturated rings. The number of aryl methyl sites for hydroxylation is 1. The summed E-state index contributed by atoms with van der Waals surface area (Å²) >= 11 is 11.9. The number of hydrogen-bond donors (Lipinski definition) is 1. The third-order valence-corrected chi connectivity index (χ3v) is 3.85. The van der Waals surface area contributed by atoms with Crippen LogP contribution in [0.15, 0.2) is 42.5 Å². The number of anilines is 1. The number of carbonyl (C=O) groups excluding carboxylic acids is 1. The lowest BCUT2D eigenvalue weighted by atomic mass is 10.1. The Balaban J connectivity index is 1.84. The highest BCUT2D eigenvalue weighted by atomic mass is 35.5. The van der Waals surface area contributed by atoms with Gasteiger partial charge in [-0.3, -0.25) is 4.79 Å². The van der Waals surface area contributed by atoms with Crippen molar-refractivity contribution in [2.75, 3.05) is 5.73 Å². The van der Waals surface area contributed by atoms with Gasteiger partial charge in [-0.25, -0.2) is 0 Å². The van der Waals surface area contributed by atoms with E-state index in [-0.39, 0.29) is 12.6 Å². The van der Waals surface area contributed by atoms with Crippen molar-refractivity contribution in [2.45, 2.75) is 19.4 Å². The van der Waals surface area contributed by atoms with Crippen molar-refractivity contribution in [3.05, 3.63) is 63.6 Å².